The standard InChI is InChI=1S/C20H24N2OS/c1-12-3-5-16(7-13(12)2)18-11-24-20(21-18)22-19(23)10-17-9-14-4-6-15(17)8-14/h3,5,7,11,14-15,17H,4,6,8-10H2,1-2H3,(H,21,22,23)/t14-,15-,17+/m1/s1. The molecule has 1 amide bonds. The third-order valence-electron chi connectivity index (χ3n) is 5.89. The molecule has 0 radical (unpaired) electrons. The average Bonchev–Trinajstić information content (AvgIpc) is 3.26. The minimum absolute atomic E-state index is 0.133. The molecule has 0 spiro atoms. The van der Waals surface area contributed by atoms with Crippen molar-refractivity contribution in [3.8, 4) is 11.3 Å². The van der Waals surface area contributed by atoms with Crippen LogP contribution in [0.1, 0.15) is 43.2 Å². The molecular formula is C20H24N2OS. The molecule has 1 N–H and O–H groups in total. The number of carbonyl (C=O) groups excluding carboxylic acids is 1. The highest BCUT2D eigenvalue weighted by atomic mass is 32.1. The minimum Gasteiger partial charge on any atom is -0.302 e. The first-order valence-corrected chi connectivity index (χ1v) is 9.79. The maximum Gasteiger partial charge on any atom is 0.226 e. The number of hydrogen-bond donors (Lipinski definition) is 1. The highest BCUT2D eigenvalue weighted by Gasteiger charge is 2.40. The number of fused-ring (bicyclic) bond motifs is 2. The second kappa shape index (κ2) is 6.32. The van der Waals surface area contributed by atoms with E-state index in [1.165, 1.54) is 48.1 Å². The van der Waals surface area contributed by atoms with E-state index in [2.05, 4.69) is 42.3 Å². The molecule has 1 aromatic carbocycles. The summed E-state index contributed by atoms with van der Waals surface area (Å²) in [6.07, 6.45) is 5.99. The van der Waals surface area contributed by atoms with E-state index in [0.717, 1.165) is 28.2 Å². The normalized spacial score (nSPS) is 25.2. The predicted molar refractivity (Wildman–Crippen MR) is 99.2 cm³/mol. The molecule has 0 aliphatic heterocycles. The van der Waals surface area contributed by atoms with Crippen molar-refractivity contribution in [3.63, 3.8) is 0 Å². The topological polar surface area (TPSA) is 42.0 Å². The fourth-order valence-corrected chi connectivity index (χ4v) is 5.14. The number of thiazole rings is 1. The SMILES string of the molecule is Cc1ccc(-c2csc(NC(=O)C[C@@H]3C[C@@H]4CC[C@@H]3C4)n2)cc1C. The van der Waals surface area contributed by atoms with Crippen LogP contribution in [0.5, 0.6) is 0 Å². The fourth-order valence-electron chi connectivity index (χ4n) is 4.40. The van der Waals surface area contributed by atoms with Crippen molar-refractivity contribution in [2.75, 3.05) is 5.32 Å². The van der Waals surface area contributed by atoms with Gasteiger partial charge in [-0.15, -0.1) is 11.3 Å². The number of benzene rings is 1. The highest BCUT2D eigenvalue weighted by molar-refractivity contribution is 7.14. The van der Waals surface area contributed by atoms with Crippen molar-refractivity contribution in [1.29, 1.82) is 0 Å². The van der Waals surface area contributed by atoms with Crippen LogP contribution in [0.4, 0.5) is 5.13 Å². The summed E-state index contributed by atoms with van der Waals surface area (Å²) in [6.45, 7) is 4.23. The van der Waals surface area contributed by atoms with Crippen molar-refractivity contribution in [2.45, 2.75) is 46.0 Å². The van der Waals surface area contributed by atoms with Crippen LogP contribution in [0, 0.1) is 31.6 Å². The van der Waals surface area contributed by atoms with Gasteiger partial charge >= 0.3 is 0 Å². The molecule has 1 heterocycles. The fraction of sp³-hybridized carbons (Fsp3) is 0.500. The van der Waals surface area contributed by atoms with E-state index in [1.807, 2.05) is 5.38 Å². The molecule has 4 heteroatoms. The van der Waals surface area contributed by atoms with Crippen LogP contribution < -0.4 is 5.32 Å². The quantitative estimate of drug-likeness (QED) is 0.832. The van der Waals surface area contributed by atoms with E-state index in [9.17, 15) is 4.79 Å². The van der Waals surface area contributed by atoms with Gasteiger partial charge in [-0.1, -0.05) is 18.6 Å². The Hall–Kier alpha value is -1.68. The average molecular weight is 340 g/mol. The van der Waals surface area contributed by atoms with Gasteiger partial charge in [-0.2, -0.15) is 0 Å². The van der Waals surface area contributed by atoms with Gasteiger partial charge in [0.05, 0.1) is 5.69 Å². The first-order chi connectivity index (χ1) is 11.6. The second-order valence-electron chi connectivity index (χ2n) is 7.52. The van der Waals surface area contributed by atoms with Crippen LogP contribution in [-0.2, 0) is 4.79 Å². The number of carbonyl (C=O) groups is 1. The van der Waals surface area contributed by atoms with Crippen LogP contribution in [-0.4, -0.2) is 10.9 Å². The van der Waals surface area contributed by atoms with Gasteiger partial charge in [0.25, 0.3) is 0 Å². The summed E-state index contributed by atoms with van der Waals surface area (Å²) in [5.41, 5.74) is 4.61. The van der Waals surface area contributed by atoms with E-state index in [0.29, 0.717) is 12.3 Å². The highest BCUT2D eigenvalue weighted by Crippen LogP contribution is 2.49. The molecule has 24 heavy (non-hydrogen) atoms. The van der Waals surface area contributed by atoms with Crippen LogP contribution in [0.25, 0.3) is 11.3 Å². The lowest BCUT2D eigenvalue weighted by Crippen LogP contribution is -2.20. The smallest absolute Gasteiger partial charge is 0.226 e. The molecule has 2 aliphatic carbocycles. The largest absolute Gasteiger partial charge is 0.302 e. The maximum atomic E-state index is 12.3. The molecule has 0 unspecified atom stereocenters. The van der Waals surface area contributed by atoms with Gasteiger partial charge in [-0.25, -0.2) is 4.98 Å². The van der Waals surface area contributed by atoms with Crippen molar-refractivity contribution in [3.05, 3.63) is 34.7 Å². The summed E-state index contributed by atoms with van der Waals surface area (Å²) in [5, 5.41) is 5.76. The number of nitrogens with zero attached hydrogens (tertiary/aromatic N) is 1. The van der Waals surface area contributed by atoms with Crippen molar-refractivity contribution in [2.24, 2.45) is 17.8 Å². The Bertz CT molecular complexity index is 767. The summed E-state index contributed by atoms with van der Waals surface area (Å²) in [7, 11) is 0. The zero-order chi connectivity index (χ0) is 16.7. The Balaban J connectivity index is 1.39. The monoisotopic (exact) mass is 340 g/mol. The molecule has 2 fully saturated rings. The van der Waals surface area contributed by atoms with Crippen molar-refractivity contribution >= 4 is 22.4 Å². The van der Waals surface area contributed by atoms with E-state index in [-0.39, 0.29) is 5.91 Å². The molecule has 4 rings (SSSR count). The number of nitrogens with one attached hydrogen (secondary N) is 1. The van der Waals surface area contributed by atoms with E-state index in [1.54, 1.807) is 0 Å². The zero-order valence-electron chi connectivity index (χ0n) is 14.3. The van der Waals surface area contributed by atoms with Gasteiger partial charge < -0.3 is 5.32 Å². The summed E-state index contributed by atoms with van der Waals surface area (Å²) < 4.78 is 0. The number of hydrogen-bond acceptors (Lipinski definition) is 3. The first-order valence-electron chi connectivity index (χ1n) is 8.91. The lowest BCUT2D eigenvalue weighted by Gasteiger charge is -2.20. The van der Waals surface area contributed by atoms with E-state index >= 15 is 0 Å². The van der Waals surface area contributed by atoms with Gasteiger partial charge in [0.15, 0.2) is 5.13 Å². The molecule has 3 nitrogen and oxygen atoms in total. The predicted octanol–water partition coefficient (Wildman–Crippen LogP) is 5.19. The van der Waals surface area contributed by atoms with Crippen molar-refractivity contribution < 1.29 is 4.79 Å². The van der Waals surface area contributed by atoms with Gasteiger partial charge in [0.1, 0.15) is 0 Å². The zero-order valence-corrected chi connectivity index (χ0v) is 15.2. The number of rotatable bonds is 4. The number of anilines is 1. The molecule has 2 aromatic rings. The summed E-state index contributed by atoms with van der Waals surface area (Å²) in [6, 6.07) is 6.38. The van der Waals surface area contributed by atoms with Crippen LogP contribution >= 0.6 is 11.3 Å². The lowest BCUT2D eigenvalue weighted by atomic mass is 9.86. The molecule has 2 saturated carbocycles. The number of aromatic nitrogens is 1. The number of amides is 1. The Morgan fingerprint density at radius 2 is 2.12 bits per heavy atom. The first kappa shape index (κ1) is 15.8. The third kappa shape index (κ3) is 3.12. The summed E-state index contributed by atoms with van der Waals surface area (Å²) in [5.74, 6) is 2.42. The minimum atomic E-state index is 0.133. The summed E-state index contributed by atoms with van der Waals surface area (Å²) in [4.78, 5) is 16.9. The van der Waals surface area contributed by atoms with Crippen LogP contribution in [0.15, 0.2) is 23.6 Å². The van der Waals surface area contributed by atoms with E-state index < -0.39 is 0 Å². The molecular weight excluding hydrogens is 316 g/mol. The molecule has 0 saturated heterocycles. The van der Waals surface area contributed by atoms with Gasteiger partial charge in [0, 0.05) is 17.4 Å². The van der Waals surface area contributed by atoms with Gasteiger partial charge in [0.2, 0.25) is 5.91 Å². The van der Waals surface area contributed by atoms with Crippen LogP contribution in [0.3, 0.4) is 0 Å². The van der Waals surface area contributed by atoms with Gasteiger partial charge in [-0.3, -0.25) is 4.79 Å². The molecule has 1 aromatic heterocycles. The Morgan fingerprint density at radius 1 is 1.25 bits per heavy atom. The third-order valence-corrected chi connectivity index (χ3v) is 6.64. The van der Waals surface area contributed by atoms with Crippen LogP contribution in [0.2, 0.25) is 0 Å². The Labute approximate surface area is 147 Å². The Kier molecular flexibility index (Phi) is 4.17. The molecule has 2 aliphatic rings. The molecule has 126 valence electrons. The van der Waals surface area contributed by atoms with E-state index in [4.69, 9.17) is 0 Å². The lowest BCUT2D eigenvalue weighted by molar-refractivity contribution is -0.117. The number of aryl methyl sites for hydroxylation is 2. The molecule has 3 atom stereocenters. The van der Waals surface area contributed by atoms with Crippen molar-refractivity contribution in [1.82, 2.24) is 4.98 Å². The summed E-state index contributed by atoms with van der Waals surface area (Å²) >= 11 is 1.51. The molecule has 2 bridgehead atoms. The van der Waals surface area contributed by atoms with Gasteiger partial charge in [-0.05, 0) is 68.1 Å². The second-order valence-corrected chi connectivity index (χ2v) is 8.38. The maximum absolute atomic E-state index is 12.3. The Morgan fingerprint density at radius 3 is 2.83 bits per heavy atom.